The van der Waals surface area contributed by atoms with Crippen molar-refractivity contribution in [3.8, 4) is 11.4 Å². The quantitative estimate of drug-likeness (QED) is 0.416. The Morgan fingerprint density at radius 1 is 1.24 bits per heavy atom. The molecule has 6 nitrogen and oxygen atoms in total. The molecule has 0 amide bonds. The van der Waals surface area contributed by atoms with Gasteiger partial charge in [0.15, 0.2) is 5.60 Å². The fourth-order valence-corrected chi connectivity index (χ4v) is 5.79. The highest BCUT2D eigenvalue weighted by Crippen LogP contribution is 2.46. The third-order valence-electron chi connectivity index (χ3n) is 7.67. The Balaban J connectivity index is 0.00000117. The van der Waals surface area contributed by atoms with Crippen LogP contribution >= 0.6 is 0 Å². The molecule has 7 heteroatoms. The zero-order valence-corrected chi connectivity index (χ0v) is 20.2. The van der Waals surface area contributed by atoms with Crippen LogP contribution in [0.2, 0.25) is 0 Å². The Kier molecular flexibility index (Phi) is 5.17. The molecule has 2 aliphatic heterocycles. The third kappa shape index (κ3) is 2.79. The number of cyclic esters (lactones) is 1. The summed E-state index contributed by atoms with van der Waals surface area (Å²) >= 11 is 0. The average Bonchev–Trinajstić information content (AvgIpc) is 3.21. The molecule has 1 N–H and O–H groups in total. The smallest absolute Gasteiger partial charge is 0.343 e. The number of hydrogen-bond donors (Lipinski definition) is 1. The molecular formula is C27H29FN2O4. The van der Waals surface area contributed by atoms with E-state index in [4.69, 9.17) is 9.72 Å². The average molecular weight is 465 g/mol. The van der Waals surface area contributed by atoms with E-state index in [1.807, 2.05) is 20.8 Å². The molecule has 0 spiro atoms. The molecule has 2 aromatic heterocycles. The Morgan fingerprint density at radius 3 is 2.68 bits per heavy atom. The zero-order valence-electron chi connectivity index (χ0n) is 20.2. The molecule has 1 aromatic carbocycles. The highest BCUT2D eigenvalue weighted by molar-refractivity contribution is 5.93. The lowest BCUT2D eigenvalue weighted by molar-refractivity contribution is -0.172. The molecule has 0 saturated carbocycles. The number of esters is 1. The van der Waals surface area contributed by atoms with E-state index in [-0.39, 0.29) is 30.3 Å². The molecule has 2 atom stereocenters. The molecular weight excluding hydrogens is 435 g/mol. The first-order valence-corrected chi connectivity index (χ1v) is 12.1. The fourth-order valence-electron chi connectivity index (χ4n) is 5.79. The summed E-state index contributed by atoms with van der Waals surface area (Å²) in [6.07, 6.45) is 1.80. The second kappa shape index (κ2) is 7.73. The summed E-state index contributed by atoms with van der Waals surface area (Å²) in [6.45, 7) is 9.87. The Labute approximate surface area is 197 Å². The summed E-state index contributed by atoms with van der Waals surface area (Å²) in [6, 6.07) is 3.19. The minimum Gasteiger partial charge on any atom is -0.458 e. The van der Waals surface area contributed by atoms with Crippen LogP contribution in [-0.2, 0) is 34.7 Å². The number of carbonyl (C=O) groups excluding carboxylic acids is 1. The molecule has 34 heavy (non-hydrogen) atoms. The van der Waals surface area contributed by atoms with Crippen molar-refractivity contribution in [2.75, 3.05) is 0 Å². The number of rotatable bonds is 1. The first-order valence-electron chi connectivity index (χ1n) is 12.1. The van der Waals surface area contributed by atoms with Gasteiger partial charge in [-0.05, 0) is 54.9 Å². The van der Waals surface area contributed by atoms with Crippen LogP contribution in [0.1, 0.15) is 79.8 Å². The van der Waals surface area contributed by atoms with Crippen molar-refractivity contribution in [2.45, 2.75) is 78.6 Å². The number of ether oxygens (including phenoxy) is 1. The van der Waals surface area contributed by atoms with Crippen LogP contribution in [0.4, 0.5) is 4.39 Å². The van der Waals surface area contributed by atoms with Gasteiger partial charge in [0.25, 0.3) is 5.56 Å². The van der Waals surface area contributed by atoms with Gasteiger partial charge in [-0.2, -0.15) is 0 Å². The van der Waals surface area contributed by atoms with Crippen molar-refractivity contribution in [1.29, 1.82) is 0 Å². The van der Waals surface area contributed by atoms with E-state index < -0.39 is 11.6 Å². The normalized spacial score (nSPS) is 21.9. The van der Waals surface area contributed by atoms with Crippen molar-refractivity contribution in [2.24, 2.45) is 0 Å². The molecule has 1 aliphatic carbocycles. The summed E-state index contributed by atoms with van der Waals surface area (Å²) in [5.74, 6) is -0.763. The Bertz CT molecular complexity index is 1440. The molecule has 3 aliphatic rings. The van der Waals surface area contributed by atoms with E-state index in [9.17, 15) is 19.1 Å². The Morgan fingerprint density at radius 2 is 1.97 bits per heavy atom. The third-order valence-corrected chi connectivity index (χ3v) is 7.67. The fraction of sp³-hybridized carbons (Fsp3) is 0.444. The van der Waals surface area contributed by atoms with E-state index in [2.05, 4.69) is 6.92 Å². The number of aryl methyl sites for hydroxylation is 1. The van der Waals surface area contributed by atoms with Crippen LogP contribution in [0.5, 0.6) is 0 Å². The number of halogens is 1. The summed E-state index contributed by atoms with van der Waals surface area (Å²) in [5, 5.41) is 12.0. The molecule has 3 aromatic rings. The van der Waals surface area contributed by atoms with Gasteiger partial charge < -0.3 is 14.4 Å². The monoisotopic (exact) mass is 464 g/mol. The molecule has 178 valence electrons. The summed E-state index contributed by atoms with van der Waals surface area (Å²) in [4.78, 5) is 30.6. The van der Waals surface area contributed by atoms with Gasteiger partial charge in [-0.3, -0.25) is 4.79 Å². The van der Waals surface area contributed by atoms with Crippen molar-refractivity contribution in [1.82, 2.24) is 9.55 Å². The van der Waals surface area contributed by atoms with Gasteiger partial charge in [-0.1, -0.05) is 27.7 Å². The number of hydrogen-bond acceptors (Lipinski definition) is 5. The lowest BCUT2D eigenvalue weighted by Crippen LogP contribution is -2.44. The van der Waals surface area contributed by atoms with Crippen LogP contribution < -0.4 is 5.56 Å². The predicted octanol–water partition coefficient (Wildman–Crippen LogP) is 4.60. The van der Waals surface area contributed by atoms with Crippen molar-refractivity contribution in [3.63, 3.8) is 0 Å². The minimum atomic E-state index is -1.86. The van der Waals surface area contributed by atoms with E-state index in [1.165, 1.54) is 6.07 Å². The van der Waals surface area contributed by atoms with Crippen LogP contribution in [0.3, 0.4) is 0 Å². The lowest BCUT2D eigenvalue weighted by Gasteiger charge is -2.31. The molecule has 6 rings (SSSR count). The minimum absolute atomic E-state index is 0.0931. The second-order valence-corrected chi connectivity index (χ2v) is 9.25. The molecule has 2 unspecified atom stereocenters. The van der Waals surface area contributed by atoms with Crippen LogP contribution in [-0.4, -0.2) is 20.6 Å². The van der Waals surface area contributed by atoms with Crippen LogP contribution in [0.25, 0.3) is 22.3 Å². The maximum absolute atomic E-state index is 14.7. The number of aliphatic hydroxyl groups is 1. The van der Waals surface area contributed by atoms with Crippen molar-refractivity contribution in [3.05, 3.63) is 61.7 Å². The lowest BCUT2D eigenvalue weighted by atomic mass is 9.79. The zero-order chi connectivity index (χ0) is 24.5. The number of fused-ring (bicyclic) bond motifs is 5. The van der Waals surface area contributed by atoms with Gasteiger partial charge in [0.05, 0.1) is 29.0 Å². The molecule has 0 saturated heterocycles. The van der Waals surface area contributed by atoms with Crippen molar-refractivity contribution >= 4 is 16.9 Å². The number of carbonyl (C=O) groups is 1. The maximum atomic E-state index is 14.7. The number of nitrogens with zero attached hydrogens (tertiary/aromatic N) is 2. The largest absolute Gasteiger partial charge is 0.458 e. The summed E-state index contributed by atoms with van der Waals surface area (Å²) in [5.41, 5.74) is 4.02. The molecule has 4 heterocycles. The van der Waals surface area contributed by atoms with Gasteiger partial charge in [0, 0.05) is 22.6 Å². The van der Waals surface area contributed by atoms with Gasteiger partial charge in [-0.15, -0.1) is 0 Å². The van der Waals surface area contributed by atoms with Gasteiger partial charge in [0.2, 0.25) is 0 Å². The van der Waals surface area contributed by atoms with Crippen LogP contribution in [0, 0.1) is 12.7 Å². The highest BCUT2D eigenvalue weighted by atomic mass is 19.1. The maximum Gasteiger partial charge on any atom is 0.343 e. The van der Waals surface area contributed by atoms with E-state index >= 15 is 0 Å². The summed E-state index contributed by atoms with van der Waals surface area (Å²) < 4.78 is 21.5. The van der Waals surface area contributed by atoms with Crippen LogP contribution in [0.15, 0.2) is 16.9 Å². The highest BCUT2D eigenvalue weighted by Gasteiger charge is 2.45. The number of benzene rings is 1. The molecule has 0 bridgehead atoms. The summed E-state index contributed by atoms with van der Waals surface area (Å²) in [7, 11) is 0. The second-order valence-electron chi connectivity index (χ2n) is 9.25. The molecule has 0 radical (unpaired) electrons. The first-order chi connectivity index (χ1) is 16.3. The topological polar surface area (TPSA) is 81.4 Å². The van der Waals surface area contributed by atoms with Gasteiger partial charge in [0.1, 0.15) is 12.4 Å². The predicted molar refractivity (Wildman–Crippen MR) is 127 cm³/mol. The Hall–Kier alpha value is -3.06. The standard InChI is InChI=1S/C25H23FN2O4.C2H6/c1-4-25(31)16-7-19-22-14(9-28(19)23(29)15(16)10-32-24(25)30)20-11(2)5-6-13-12(3)17(26)8-18(27-22)21(13)20;1-2/h7-8,11,31H,4-6,9-10H2,1-3H3;1-2H3. The van der Waals surface area contributed by atoms with Gasteiger partial charge >= 0.3 is 5.97 Å². The van der Waals surface area contributed by atoms with E-state index in [0.29, 0.717) is 40.1 Å². The van der Waals surface area contributed by atoms with E-state index in [1.54, 1.807) is 17.6 Å². The first kappa shape index (κ1) is 22.7. The van der Waals surface area contributed by atoms with E-state index in [0.717, 1.165) is 34.9 Å². The SMILES string of the molecule is CC.CCC1(O)C(=O)OCc2c1cc1n(c2=O)Cc2c-1nc1cc(F)c(C)c3c1c2C(C)CC3. The van der Waals surface area contributed by atoms with Crippen molar-refractivity contribution < 1.29 is 19.0 Å². The number of pyridine rings is 2. The molecule has 0 fully saturated rings. The van der Waals surface area contributed by atoms with Gasteiger partial charge in [-0.25, -0.2) is 14.2 Å². The number of aromatic nitrogens is 2.